The summed E-state index contributed by atoms with van der Waals surface area (Å²) in [5, 5.41) is 9.60. The van der Waals surface area contributed by atoms with Gasteiger partial charge in [-0.1, -0.05) is 12.1 Å². The molecule has 1 atom stereocenters. The zero-order valence-corrected chi connectivity index (χ0v) is 21.5. The van der Waals surface area contributed by atoms with Crippen LogP contribution in [0.5, 0.6) is 5.75 Å². The third-order valence-electron chi connectivity index (χ3n) is 6.25. The number of nitrogens with two attached hydrogens (primary N) is 1. The van der Waals surface area contributed by atoms with E-state index in [9.17, 15) is 24.0 Å². The van der Waals surface area contributed by atoms with Gasteiger partial charge in [-0.05, 0) is 19.1 Å². The number of likely N-dealkylation sites (N-methyl/N-ethyl adjacent to an activating group) is 1. The van der Waals surface area contributed by atoms with Crippen molar-refractivity contribution in [2.75, 3.05) is 53.5 Å². The third-order valence-corrected chi connectivity index (χ3v) is 6.25. The molecule has 204 valence electrons. The Hall–Kier alpha value is -4.42. The summed E-state index contributed by atoms with van der Waals surface area (Å²) in [5.74, 6) is -4.42. The van der Waals surface area contributed by atoms with Crippen molar-refractivity contribution in [3.63, 3.8) is 0 Å². The number of nitrogens with zero attached hydrogens (tertiary/aromatic N) is 4. The molecule has 13 heteroatoms. The number of amides is 4. The molecule has 0 spiro atoms. The topological polar surface area (TPSA) is 173 Å². The predicted octanol–water partition coefficient (Wildman–Crippen LogP) is 0.660. The Labute approximate surface area is 219 Å². The SMILES string of the molecule is CCOC(=O)N1CCN(C(=O)C(CC(=O)N(C)CC(=O)O)c2nc3ccccc3c(OC)c2C(N)=O)CC1. The molecule has 1 fully saturated rings. The van der Waals surface area contributed by atoms with E-state index in [0.717, 1.165) is 4.90 Å². The number of benzene rings is 1. The number of fused-ring (bicyclic) bond motifs is 1. The molecule has 1 saturated heterocycles. The van der Waals surface area contributed by atoms with E-state index in [2.05, 4.69) is 4.98 Å². The van der Waals surface area contributed by atoms with Crippen LogP contribution in [0.15, 0.2) is 24.3 Å². The maximum atomic E-state index is 13.9. The second-order valence-electron chi connectivity index (χ2n) is 8.70. The van der Waals surface area contributed by atoms with Crippen LogP contribution >= 0.6 is 0 Å². The summed E-state index contributed by atoms with van der Waals surface area (Å²) in [6.07, 6.45) is -0.950. The first-order chi connectivity index (χ1) is 18.1. The zero-order valence-electron chi connectivity index (χ0n) is 21.5. The zero-order chi connectivity index (χ0) is 28.0. The maximum absolute atomic E-state index is 13.9. The van der Waals surface area contributed by atoms with Crippen LogP contribution in [0.4, 0.5) is 4.79 Å². The molecule has 1 aliphatic rings. The molecule has 1 unspecified atom stereocenters. The minimum atomic E-state index is -1.27. The number of aliphatic carboxylic acids is 1. The fourth-order valence-electron chi connectivity index (χ4n) is 4.37. The Morgan fingerprint density at radius 2 is 1.74 bits per heavy atom. The average Bonchev–Trinajstić information content (AvgIpc) is 2.89. The minimum absolute atomic E-state index is 0.0389. The summed E-state index contributed by atoms with van der Waals surface area (Å²) >= 11 is 0. The quantitative estimate of drug-likeness (QED) is 0.473. The highest BCUT2D eigenvalue weighted by Gasteiger charge is 2.37. The first kappa shape index (κ1) is 28.2. The molecule has 3 rings (SSSR count). The van der Waals surface area contributed by atoms with Crippen LogP contribution in [0.3, 0.4) is 0 Å². The molecule has 2 aromatic rings. The number of hydrogen-bond acceptors (Lipinski definition) is 8. The molecule has 38 heavy (non-hydrogen) atoms. The molecule has 13 nitrogen and oxygen atoms in total. The van der Waals surface area contributed by atoms with Gasteiger partial charge in [-0.15, -0.1) is 0 Å². The van der Waals surface area contributed by atoms with Gasteiger partial charge in [-0.3, -0.25) is 24.2 Å². The van der Waals surface area contributed by atoms with Crippen LogP contribution in [0.2, 0.25) is 0 Å². The van der Waals surface area contributed by atoms with Crippen molar-refractivity contribution in [1.82, 2.24) is 19.7 Å². The highest BCUT2D eigenvalue weighted by atomic mass is 16.6. The molecule has 1 aromatic heterocycles. The smallest absolute Gasteiger partial charge is 0.409 e. The van der Waals surface area contributed by atoms with Crippen molar-refractivity contribution in [3.8, 4) is 5.75 Å². The molecule has 1 aromatic carbocycles. The van der Waals surface area contributed by atoms with Crippen molar-refractivity contribution < 1.29 is 38.6 Å². The first-order valence-corrected chi connectivity index (χ1v) is 12.0. The van der Waals surface area contributed by atoms with E-state index >= 15 is 0 Å². The number of carbonyl (C=O) groups excluding carboxylic acids is 4. The molecule has 3 N–H and O–H groups in total. The number of carboxylic acid groups (broad SMARTS) is 1. The Morgan fingerprint density at radius 1 is 1.11 bits per heavy atom. The summed E-state index contributed by atoms with van der Waals surface area (Å²) in [7, 11) is 2.66. The van der Waals surface area contributed by atoms with E-state index in [0.29, 0.717) is 10.9 Å². The van der Waals surface area contributed by atoms with E-state index in [4.69, 9.17) is 20.3 Å². The number of carbonyl (C=O) groups is 5. The van der Waals surface area contributed by atoms with Gasteiger partial charge in [0.15, 0.2) is 0 Å². The van der Waals surface area contributed by atoms with Gasteiger partial charge in [-0.2, -0.15) is 0 Å². The second kappa shape index (κ2) is 12.2. The number of hydrogen-bond donors (Lipinski definition) is 2. The van der Waals surface area contributed by atoms with Gasteiger partial charge in [0.25, 0.3) is 5.91 Å². The number of rotatable bonds is 9. The number of carboxylic acids is 1. The van der Waals surface area contributed by atoms with Gasteiger partial charge < -0.3 is 35.0 Å². The van der Waals surface area contributed by atoms with Crippen molar-refractivity contribution in [2.45, 2.75) is 19.3 Å². The van der Waals surface area contributed by atoms with Gasteiger partial charge >= 0.3 is 12.1 Å². The van der Waals surface area contributed by atoms with Crippen molar-refractivity contribution >= 4 is 40.7 Å². The monoisotopic (exact) mass is 529 g/mol. The van der Waals surface area contributed by atoms with Gasteiger partial charge in [0, 0.05) is 45.0 Å². The summed E-state index contributed by atoms with van der Waals surface area (Å²) in [4.78, 5) is 71.2. The van der Waals surface area contributed by atoms with Gasteiger partial charge in [0.2, 0.25) is 11.8 Å². The van der Waals surface area contributed by atoms with E-state index in [1.54, 1.807) is 31.2 Å². The molecule has 1 aliphatic heterocycles. The second-order valence-corrected chi connectivity index (χ2v) is 8.70. The average molecular weight is 530 g/mol. The van der Waals surface area contributed by atoms with Crippen molar-refractivity contribution in [1.29, 1.82) is 0 Å². The summed E-state index contributed by atoms with van der Waals surface area (Å²) in [6, 6.07) is 6.81. The van der Waals surface area contributed by atoms with E-state index in [1.807, 2.05) is 0 Å². The Bertz CT molecular complexity index is 1240. The largest absolute Gasteiger partial charge is 0.495 e. The number of ether oxygens (including phenoxy) is 2. The number of para-hydroxylation sites is 1. The minimum Gasteiger partial charge on any atom is -0.495 e. The van der Waals surface area contributed by atoms with Crippen LogP contribution in [0, 0.1) is 0 Å². The predicted molar refractivity (Wildman–Crippen MR) is 135 cm³/mol. The molecular weight excluding hydrogens is 498 g/mol. The molecule has 0 saturated carbocycles. The summed E-state index contributed by atoms with van der Waals surface area (Å²) in [5.41, 5.74) is 5.96. The first-order valence-electron chi connectivity index (χ1n) is 12.0. The Morgan fingerprint density at radius 3 is 2.32 bits per heavy atom. The number of piperazine rings is 1. The van der Waals surface area contributed by atoms with Crippen LogP contribution < -0.4 is 10.5 Å². The van der Waals surface area contributed by atoms with Crippen LogP contribution in [-0.2, 0) is 19.1 Å². The summed E-state index contributed by atoms with van der Waals surface area (Å²) in [6.45, 7) is 2.07. The lowest BCUT2D eigenvalue weighted by atomic mass is 9.92. The van der Waals surface area contributed by atoms with Crippen molar-refractivity contribution in [2.24, 2.45) is 5.73 Å². The van der Waals surface area contributed by atoms with Crippen LogP contribution in [0.25, 0.3) is 10.9 Å². The fraction of sp³-hybridized carbons (Fsp3) is 0.440. The molecule has 0 radical (unpaired) electrons. The molecular formula is C25H31N5O8. The molecule has 2 heterocycles. The standard InChI is InChI=1S/C25H31N5O8/c1-4-38-25(36)30-11-9-29(10-12-30)24(35)16(13-18(31)28(2)14-19(32)33)21-20(23(26)34)22(37-3)15-7-5-6-8-17(15)27-21/h5-8,16H,4,9-14H2,1-3H3,(H2,26,34)(H,32,33). The van der Waals surface area contributed by atoms with Crippen LogP contribution in [-0.4, -0.2) is 108 Å². The van der Waals surface area contributed by atoms with E-state index in [1.165, 1.54) is 24.0 Å². The lowest BCUT2D eigenvalue weighted by Crippen LogP contribution is -2.52. The number of aromatic nitrogens is 1. The van der Waals surface area contributed by atoms with Crippen LogP contribution in [0.1, 0.15) is 35.3 Å². The molecule has 4 amide bonds. The van der Waals surface area contributed by atoms with Gasteiger partial charge in [0.05, 0.1) is 30.8 Å². The maximum Gasteiger partial charge on any atom is 0.409 e. The lowest BCUT2D eigenvalue weighted by Gasteiger charge is -2.36. The Kier molecular flexibility index (Phi) is 9.05. The lowest BCUT2D eigenvalue weighted by molar-refractivity contribution is -0.144. The summed E-state index contributed by atoms with van der Waals surface area (Å²) < 4.78 is 10.5. The highest BCUT2D eigenvalue weighted by Crippen LogP contribution is 2.36. The normalized spacial score (nSPS) is 14.1. The van der Waals surface area contributed by atoms with Gasteiger partial charge in [0.1, 0.15) is 17.9 Å². The van der Waals surface area contributed by atoms with E-state index in [-0.39, 0.29) is 49.8 Å². The Balaban J connectivity index is 2.05. The highest BCUT2D eigenvalue weighted by molar-refractivity contribution is 6.05. The van der Waals surface area contributed by atoms with E-state index < -0.39 is 48.7 Å². The molecule has 0 bridgehead atoms. The molecule has 0 aliphatic carbocycles. The van der Waals surface area contributed by atoms with Crippen molar-refractivity contribution in [3.05, 3.63) is 35.5 Å². The van der Waals surface area contributed by atoms with Gasteiger partial charge in [-0.25, -0.2) is 4.79 Å². The third kappa shape index (κ3) is 6.10. The number of pyridine rings is 1. The fourth-order valence-corrected chi connectivity index (χ4v) is 4.37. The number of primary amides is 1. The number of methoxy groups -OCH3 is 1.